The molecule has 0 aromatic heterocycles. The normalized spacial score (nSPS) is 11.4. The van der Waals surface area contributed by atoms with Crippen molar-refractivity contribution in [1.29, 1.82) is 0 Å². The summed E-state index contributed by atoms with van der Waals surface area (Å²) in [6.45, 7) is 3.35. The van der Waals surface area contributed by atoms with E-state index in [4.69, 9.17) is 21.1 Å². The number of rotatable bonds is 7. The molecule has 0 aliphatic heterocycles. The van der Waals surface area contributed by atoms with Crippen molar-refractivity contribution >= 4 is 39.3 Å². The van der Waals surface area contributed by atoms with E-state index in [2.05, 4.69) is 33.7 Å². The van der Waals surface area contributed by atoms with Crippen LogP contribution in [-0.2, 0) is 16.0 Å². The quantitative estimate of drug-likeness (QED) is 0.625. The van der Waals surface area contributed by atoms with Crippen LogP contribution in [0.4, 0.5) is 0 Å². The summed E-state index contributed by atoms with van der Waals surface area (Å²) in [5.74, 6) is -0.0608. The molecule has 2 aromatic rings. The van der Waals surface area contributed by atoms with Gasteiger partial charge in [-0.15, -0.1) is 0 Å². The first kappa shape index (κ1) is 21.1. The van der Waals surface area contributed by atoms with E-state index in [1.54, 1.807) is 37.3 Å². The van der Waals surface area contributed by atoms with E-state index in [1.165, 1.54) is 5.56 Å². The van der Waals surface area contributed by atoms with Gasteiger partial charge >= 0.3 is 0 Å². The highest BCUT2D eigenvalue weighted by Gasteiger charge is 2.15. The molecule has 0 heterocycles. The third-order valence-corrected chi connectivity index (χ3v) is 4.38. The summed E-state index contributed by atoms with van der Waals surface area (Å²) < 4.78 is 11.7. The Hall–Kier alpha value is -2.25. The van der Waals surface area contributed by atoms with E-state index < -0.39 is 17.9 Å². The number of hydrazine groups is 1. The summed E-state index contributed by atoms with van der Waals surface area (Å²) in [5, 5.41) is 0.373. The van der Waals surface area contributed by atoms with Crippen molar-refractivity contribution in [2.24, 2.45) is 0 Å². The van der Waals surface area contributed by atoms with Crippen LogP contribution in [0.2, 0.25) is 5.02 Å². The maximum atomic E-state index is 12.0. The lowest BCUT2D eigenvalue weighted by Gasteiger charge is -2.15. The maximum Gasteiger partial charge on any atom is 0.279 e. The molecule has 0 spiro atoms. The summed E-state index contributed by atoms with van der Waals surface area (Å²) in [6.07, 6.45) is 0.148. The van der Waals surface area contributed by atoms with E-state index in [1.807, 2.05) is 12.1 Å². The van der Waals surface area contributed by atoms with Gasteiger partial charge in [0, 0.05) is 4.47 Å². The standard InChI is InChI=1S/C19H20BrClN2O4/c1-3-13-4-7-15(8-5-13)27-12(2)19(25)23-22-18(24)11-26-17-9-6-14(20)10-16(17)21/h4-10,12H,3,11H2,1-2H3,(H,22,24)(H,23,25). The molecule has 6 nitrogen and oxygen atoms in total. The van der Waals surface area contributed by atoms with Gasteiger partial charge in [0.15, 0.2) is 12.7 Å². The SMILES string of the molecule is CCc1ccc(OC(C)C(=O)NNC(=O)COc2ccc(Br)cc2Cl)cc1. The van der Waals surface area contributed by atoms with E-state index in [-0.39, 0.29) is 6.61 Å². The van der Waals surface area contributed by atoms with Crippen molar-refractivity contribution in [2.75, 3.05) is 6.61 Å². The molecule has 0 saturated heterocycles. The Morgan fingerprint density at radius 2 is 1.85 bits per heavy atom. The second-order valence-corrected chi connectivity index (χ2v) is 6.98. The Kier molecular flexibility index (Phi) is 7.94. The molecule has 0 bridgehead atoms. The predicted octanol–water partition coefficient (Wildman–Crippen LogP) is 3.66. The zero-order valence-corrected chi connectivity index (χ0v) is 17.3. The molecule has 8 heteroatoms. The number of nitrogens with one attached hydrogen (secondary N) is 2. The number of hydrogen-bond acceptors (Lipinski definition) is 4. The number of aryl methyl sites for hydroxylation is 1. The molecule has 2 aromatic carbocycles. The summed E-state index contributed by atoms with van der Waals surface area (Å²) in [4.78, 5) is 23.8. The summed E-state index contributed by atoms with van der Waals surface area (Å²) in [5.41, 5.74) is 5.75. The monoisotopic (exact) mass is 454 g/mol. The highest BCUT2D eigenvalue weighted by atomic mass is 79.9. The van der Waals surface area contributed by atoms with Crippen molar-refractivity contribution < 1.29 is 19.1 Å². The topological polar surface area (TPSA) is 76.7 Å². The fraction of sp³-hybridized carbons (Fsp3) is 0.263. The van der Waals surface area contributed by atoms with Crippen LogP contribution in [0, 0.1) is 0 Å². The van der Waals surface area contributed by atoms with E-state index in [0.717, 1.165) is 10.9 Å². The number of benzene rings is 2. The average Bonchev–Trinajstić information content (AvgIpc) is 2.66. The van der Waals surface area contributed by atoms with Gasteiger partial charge in [-0.05, 0) is 49.2 Å². The Labute approximate surface area is 171 Å². The molecular formula is C19H20BrClN2O4. The zero-order chi connectivity index (χ0) is 19.8. The highest BCUT2D eigenvalue weighted by molar-refractivity contribution is 9.10. The average molecular weight is 456 g/mol. The predicted molar refractivity (Wildman–Crippen MR) is 107 cm³/mol. The number of carbonyl (C=O) groups is 2. The van der Waals surface area contributed by atoms with Crippen LogP contribution in [0.1, 0.15) is 19.4 Å². The lowest BCUT2D eigenvalue weighted by molar-refractivity contribution is -0.133. The molecular weight excluding hydrogens is 436 g/mol. The first-order chi connectivity index (χ1) is 12.9. The van der Waals surface area contributed by atoms with Crippen LogP contribution < -0.4 is 20.3 Å². The number of halogens is 2. The lowest BCUT2D eigenvalue weighted by Crippen LogP contribution is -2.48. The summed E-state index contributed by atoms with van der Waals surface area (Å²) >= 11 is 9.29. The minimum Gasteiger partial charge on any atom is -0.482 e. The largest absolute Gasteiger partial charge is 0.482 e. The van der Waals surface area contributed by atoms with Crippen molar-refractivity contribution in [3.05, 3.63) is 57.5 Å². The zero-order valence-electron chi connectivity index (χ0n) is 14.9. The van der Waals surface area contributed by atoms with Gasteiger partial charge in [-0.3, -0.25) is 20.4 Å². The van der Waals surface area contributed by atoms with Gasteiger partial charge in [0.1, 0.15) is 11.5 Å². The van der Waals surface area contributed by atoms with Gasteiger partial charge < -0.3 is 9.47 Å². The first-order valence-corrected chi connectivity index (χ1v) is 9.48. The molecule has 2 rings (SSSR count). The lowest BCUT2D eigenvalue weighted by atomic mass is 10.2. The smallest absolute Gasteiger partial charge is 0.279 e. The van der Waals surface area contributed by atoms with Crippen LogP contribution in [-0.4, -0.2) is 24.5 Å². The Balaban J connectivity index is 1.75. The third kappa shape index (κ3) is 6.77. The van der Waals surface area contributed by atoms with Crippen LogP contribution in [0.5, 0.6) is 11.5 Å². The maximum absolute atomic E-state index is 12.0. The molecule has 0 fully saturated rings. The fourth-order valence-electron chi connectivity index (χ4n) is 2.07. The van der Waals surface area contributed by atoms with Crippen LogP contribution in [0.3, 0.4) is 0 Å². The number of carbonyl (C=O) groups excluding carboxylic acids is 2. The molecule has 0 aliphatic carbocycles. The van der Waals surface area contributed by atoms with Gasteiger partial charge in [-0.2, -0.15) is 0 Å². The molecule has 0 aliphatic rings. The second-order valence-electron chi connectivity index (χ2n) is 5.66. The molecule has 2 N–H and O–H groups in total. The van der Waals surface area contributed by atoms with Gasteiger partial charge in [-0.25, -0.2) is 0 Å². The van der Waals surface area contributed by atoms with Crippen molar-refractivity contribution in [1.82, 2.24) is 10.9 Å². The minimum absolute atomic E-state index is 0.296. The molecule has 1 unspecified atom stereocenters. The first-order valence-electron chi connectivity index (χ1n) is 8.31. The number of amides is 2. The van der Waals surface area contributed by atoms with Gasteiger partial charge in [0.25, 0.3) is 11.8 Å². The van der Waals surface area contributed by atoms with E-state index in [0.29, 0.717) is 16.5 Å². The van der Waals surface area contributed by atoms with Crippen molar-refractivity contribution in [3.8, 4) is 11.5 Å². The number of hydrogen-bond donors (Lipinski definition) is 2. The van der Waals surface area contributed by atoms with Gasteiger partial charge in [-0.1, -0.05) is 46.6 Å². The van der Waals surface area contributed by atoms with E-state index >= 15 is 0 Å². The van der Waals surface area contributed by atoms with Crippen LogP contribution >= 0.6 is 27.5 Å². The molecule has 27 heavy (non-hydrogen) atoms. The van der Waals surface area contributed by atoms with E-state index in [9.17, 15) is 9.59 Å². The minimum atomic E-state index is -0.778. The highest BCUT2D eigenvalue weighted by Crippen LogP contribution is 2.27. The number of ether oxygens (including phenoxy) is 2. The Bertz CT molecular complexity index is 799. The molecule has 1 atom stereocenters. The molecule has 0 saturated carbocycles. The van der Waals surface area contributed by atoms with Gasteiger partial charge in [0.2, 0.25) is 0 Å². The van der Waals surface area contributed by atoms with Crippen molar-refractivity contribution in [3.63, 3.8) is 0 Å². The second kappa shape index (κ2) is 10.2. The van der Waals surface area contributed by atoms with Crippen LogP contribution in [0.25, 0.3) is 0 Å². The van der Waals surface area contributed by atoms with Crippen molar-refractivity contribution in [2.45, 2.75) is 26.4 Å². The van der Waals surface area contributed by atoms with Crippen LogP contribution in [0.15, 0.2) is 46.9 Å². The molecule has 144 valence electrons. The Morgan fingerprint density at radius 1 is 1.15 bits per heavy atom. The van der Waals surface area contributed by atoms with Gasteiger partial charge in [0.05, 0.1) is 5.02 Å². The summed E-state index contributed by atoms with van der Waals surface area (Å²) in [7, 11) is 0. The Morgan fingerprint density at radius 3 is 2.48 bits per heavy atom. The summed E-state index contributed by atoms with van der Waals surface area (Å²) in [6, 6.07) is 12.5. The molecule has 2 amide bonds. The molecule has 0 radical (unpaired) electrons. The third-order valence-electron chi connectivity index (χ3n) is 3.59. The fourth-order valence-corrected chi connectivity index (χ4v) is 2.79.